The number of nitrogens with zero attached hydrogens (tertiary/aromatic N) is 1. The molecule has 0 fully saturated rings. The Morgan fingerprint density at radius 1 is 1.09 bits per heavy atom. The molecule has 0 saturated carbocycles. The zero-order valence-electron chi connectivity index (χ0n) is 5.96. The summed E-state index contributed by atoms with van der Waals surface area (Å²) in [4.78, 5) is 0. The molecule has 1 radical (unpaired) electrons. The first-order valence-electron chi connectivity index (χ1n) is 1.74. The Kier molecular flexibility index (Phi) is 4.97. The van der Waals surface area contributed by atoms with E-state index in [1.54, 1.807) is 6.07 Å². The van der Waals surface area contributed by atoms with E-state index in [9.17, 15) is 25.2 Å². The van der Waals surface area contributed by atoms with E-state index in [0.29, 0.717) is 0 Å². The molecule has 9 heteroatoms. The molecule has 0 aliphatic heterocycles. The van der Waals surface area contributed by atoms with Gasteiger partial charge in [-0.2, -0.15) is 5.26 Å². The summed E-state index contributed by atoms with van der Waals surface area (Å²) in [6.45, 7) is 1.43. The van der Waals surface area contributed by atoms with Gasteiger partial charge in [0.1, 0.15) is 0 Å². The fourth-order valence-corrected chi connectivity index (χ4v) is 0. The molecule has 0 aliphatic rings. The van der Waals surface area contributed by atoms with Crippen LogP contribution in [0.2, 0.25) is 0 Å². The summed E-state index contributed by atoms with van der Waals surface area (Å²) in [5, 5.41) is 7.32. The van der Waals surface area contributed by atoms with Gasteiger partial charge in [-0.3, -0.25) is 0 Å². The van der Waals surface area contributed by atoms with Crippen molar-refractivity contribution in [3.05, 3.63) is 0 Å². The summed E-state index contributed by atoms with van der Waals surface area (Å²) < 4.78 is 59.2. The van der Waals surface area contributed by atoms with Crippen molar-refractivity contribution in [2.24, 2.45) is 0 Å². The average Bonchev–Trinajstić information content (AvgIpc) is 1.20. The van der Waals surface area contributed by atoms with Crippen molar-refractivity contribution in [2.75, 3.05) is 0 Å². The fraction of sp³-hybridized carbons (Fsp3) is 0.500. The van der Waals surface area contributed by atoms with Gasteiger partial charge in [0, 0.05) is 24.0 Å². The van der Waals surface area contributed by atoms with Crippen molar-refractivity contribution >= 4 is 7.81 Å². The van der Waals surface area contributed by atoms with Crippen LogP contribution in [0.15, 0.2) is 0 Å². The Morgan fingerprint density at radius 3 is 1.09 bits per heavy atom. The third kappa shape index (κ3) is 1700000. The van der Waals surface area contributed by atoms with Gasteiger partial charge in [0.15, 0.2) is 0 Å². The first-order chi connectivity index (χ1) is 3.86. The minimum Gasteiger partial charge on any atom is 0 e. The van der Waals surface area contributed by atoms with Gasteiger partial charge in [-0.15, -0.1) is 0 Å². The first kappa shape index (κ1) is 17.2. The molecule has 0 heterocycles. The smallest absolute Gasteiger partial charge is 0 e. The molecule has 0 saturated heterocycles. The van der Waals surface area contributed by atoms with E-state index in [1.807, 2.05) is 0 Å². The topological polar surface area (TPSA) is 23.8 Å². The Morgan fingerprint density at radius 2 is 1.09 bits per heavy atom. The number of rotatable bonds is 0. The molecule has 0 aromatic heterocycles. The second-order valence-corrected chi connectivity index (χ2v) is 3.10. The van der Waals surface area contributed by atoms with E-state index in [1.165, 1.54) is 6.92 Å². The van der Waals surface area contributed by atoms with E-state index in [-0.39, 0.29) is 18.5 Å². The van der Waals surface area contributed by atoms with Gasteiger partial charge in [-0.25, -0.2) is 0 Å². The quantitative estimate of drug-likeness (QED) is 0.362. The predicted octanol–water partition coefficient (Wildman–Crippen LogP) is 4.02. The summed E-state index contributed by atoms with van der Waals surface area (Å²) in [5.74, 6) is 0. The maximum absolute atomic E-state index is 10.7. The monoisotopic (exact) mass is 250 g/mol. The van der Waals surface area contributed by atoms with Crippen molar-refractivity contribution in [2.45, 2.75) is 6.92 Å². The molecule has 0 aromatic rings. The second kappa shape index (κ2) is 3.18. The average molecular weight is 251 g/mol. The number of hydrogen-bond acceptors (Lipinski definition) is 1. The largest absolute Gasteiger partial charge is 1.00 e. The number of nitriles is 1. The molecule has 0 bridgehead atoms. The van der Waals surface area contributed by atoms with E-state index in [0.717, 1.165) is 0 Å². The van der Waals surface area contributed by atoms with Gasteiger partial charge < -0.3 is 0 Å². The molecular weight excluding hydrogens is 247 g/mol. The maximum Gasteiger partial charge on any atom is 1.00 e. The molecule has 0 N–H and O–H groups in total. The minimum atomic E-state index is -10.7. The molecule has 0 amide bonds. The van der Waals surface area contributed by atoms with E-state index < -0.39 is 7.81 Å². The Bertz CT molecular complexity index is 142. The van der Waals surface area contributed by atoms with Crippen LogP contribution in [-0.4, -0.2) is 0 Å². The second-order valence-electron chi connectivity index (χ2n) is 1.18. The van der Waals surface area contributed by atoms with Crippen LogP contribution < -0.4 is 0 Å². The third-order valence-electron chi connectivity index (χ3n) is 0. The summed E-state index contributed by atoms with van der Waals surface area (Å²) in [7, 11) is -10.7. The van der Waals surface area contributed by atoms with Crippen molar-refractivity contribution in [1.29, 1.82) is 5.26 Å². The summed E-state index contributed by atoms with van der Waals surface area (Å²) >= 11 is 0. The molecule has 0 unspecified atom stereocenters. The molecule has 75 valence electrons. The Hall–Kier alpha value is 0.0195. The minimum absolute atomic E-state index is 0. The van der Waals surface area contributed by atoms with Crippen LogP contribution in [0.1, 0.15) is 8.35 Å². The van der Waals surface area contributed by atoms with Gasteiger partial charge >= 0.3 is 34.4 Å². The third-order valence-corrected chi connectivity index (χ3v) is 0. The summed E-state index contributed by atoms with van der Waals surface area (Å²) in [5.41, 5.74) is 0. The zero-order valence-corrected chi connectivity index (χ0v) is 6.80. The molecule has 0 aromatic carbocycles. The van der Waals surface area contributed by atoms with Crippen LogP contribution in [0, 0.1) is 11.3 Å². The van der Waals surface area contributed by atoms with Crippen molar-refractivity contribution in [3.63, 3.8) is 0 Å². The van der Waals surface area contributed by atoms with Gasteiger partial charge in [-0.05, 0) is 0 Å². The first-order valence-corrected chi connectivity index (χ1v) is 3.77. The van der Waals surface area contributed by atoms with E-state index >= 15 is 0 Å². The van der Waals surface area contributed by atoms with Gasteiger partial charge in [-0.1, -0.05) is 0 Å². The maximum atomic E-state index is 9.87. The molecule has 1 nitrogen and oxygen atoms in total. The van der Waals surface area contributed by atoms with Crippen molar-refractivity contribution in [1.82, 2.24) is 0 Å². The van der Waals surface area contributed by atoms with Crippen molar-refractivity contribution in [3.8, 4) is 6.07 Å². The van der Waals surface area contributed by atoms with Gasteiger partial charge in [0.2, 0.25) is 0 Å². The summed E-state index contributed by atoms with van der Waals surface area (Å²) in [6.07, 6.45) is 0. The van der Waals surface area contributed by atoms with Gasteiger partial charge in [0.25, 0.3) is 0 Å². The molecule has 0 atom stereocenters. The molecule has 0 spiro atoms. The Labute approximate surface area is 70.6 Å². The van der Waals surface area contributed by atoms with Crippen LogP contribution in [0.5, 0.6) is 0 Å². The van der Waals surface area contributed by atoms with E-state index in [4.69, 9.17) is 5.26 Å². The molecule has 0 rings (SSSR count). The van der Waals surface area contributed by atoms with Crippen LogP contribution >= 0.6 is 7.81 Å². The van der Waals surface area contributed by atoms with Crippen LogP contribution in [0.3, 0.4) is 0 Å². The Balaban J connectivity index is -0.0000000569. The normalized spacial score (nSPS) is 15.5. The number of halogens is 6. The van der Waals surface area contributed by atoms with Crippen LogP contribution in [0.4, 0.5) is 25.2 Å². The SMILES string of the molecule is CC#N.F[P-](F)(F)(F)(F)F.[Cu].[H+]. The number of hydrogen-bond donors (Lipinski definition) is 0. The molecular formula is C2H4CuF6NP. The molecule has 0 aliphatic carbocycles. The van der Waals surface area contributed by atoms with Crippen LogP contribution in [0.25, 0.3) is 0 Å². The van der Waals surface area contributed by atoms with Crippen molar-refractivity contribution < 1.29 is 43.7 Å². The van der Waals surface area contributed by atoms with Gasteiger partial charge in [0.05, 0.1) is 6.07 Å². The van der Waals surface area contributed by atoms with Crippen LogP contribution in [-0.2, 0) is 17.1 Å². The standard InChI is InChI=1S/C2H3N.Cu.F6P/c1-2-3;;1-7(2,3,4,5)6/h1H3;;/q;;-1/p+1. The molecule has 11 heavy (non-hydrogen) atoms. The predicted molar refractivity (Wildman–Crippen MR) is 26.0 cm³/mol. The fourth-order valence-electron chi connectivity index (χ4n) is 0. The van der Waals surface area contributed by atoms with E-state index in [2.05, 4.69) is 0 Å². The zero-order chi connectivity index (χ0) is 9.12. The summed E-state index contributed by atoms with van der Waals surface area (Å²) in [6, 6.07) is 1.75.